The Hall–Kier alpha value is -2.04. The van der Waals surface area contributed by atoms with E-state index in [2.05, 4.69) is 5.32 Å². The van der Waals surface area contributed by atoms with E-state index < -0.39 is 0 Å². The van der Waals surface area contributed by atoms with Crippen LogP contribution in [-0.2, 0) is 9.53 Å². The highest BCUT2D eigenvalue weighted by atomic mass is 16.5. The van der Waals surface area contributed by atoms with Crippen LogP contribution in [0.25, 0.3) is 0 Å². The zero-order chi connectivity index (χ0) is 15.9. The van der Waals surface area contributed by atoms with E-state index in [4.69, 9.17) is 9.47 Å². The number of nitrogens with one attached hydrogen (secondary N) is 1. The SMILES string of the molecule is COC(=O)C1CCCCC1CNC(=O)c1ccc(OC)cc1. The average Bonchev–Trinajstić information content (AvgIpc) is 2.59. The van der Waals surface area contributed by atoms with Crippen molar-refractivity contribution in [3.05, 3.63) is 29.8 Å². The van der Waals surface area contributed by atoms with E-state index in [9.17, 15) is 9.59 Å². The van der Waals surface area contributed by atoms with Gasteiger partial charge < -0.3 is 14.8 Å². The summed E-state index contributed by atoms with van der Waals surface area (Å²) in [5.41, 5.74) is 0.589. The van der Waals surface area contributed by atoms with E-state index in [1.165, 1.54) is 7.11 Å². The van der Waals surface area contributed by atoms with Crippen molar-refractivity contribution in [2.75, 3.05) is 20.8 Å². The minimum Gasteiger partial charge on any atom is -0.497 e. The maximum absolute atomic E-state index is 12.2. The molecule has 0 radical (unpaired) electrons. The Morgan fingerprint density at radius 1 is 1.14 bits per heavy atom. The smallest absolute Gasteiger partial charge is 0.309 e. The average molecular weight is 305 g/mol. The van der Waals surface area contributed by atoms with Crippen LogP contribution in [0.15, 0.2) is 24.3 Å². The normalized spacial score (nSPS) is 21.0. The van der Waals surface area contributed by atoms with Gasteiger partial charge in [-0.05, 0) is 43.0 Å². The summed E-state index contributed by atoms with van der Waals surface area (Å²) in [6, 6.07) is 6.97. The van der Waals surface area contributed by atoms with Crippen molar-refractivity contribution < 1.29 is 19.1 Å². The second-order valence-corrected chi connectivity index (χ2v) is 5.61. The van der Waals surface area contributed by atoms with Gasteiger partial charge in [0.05, 0.1) is 20.1 Å². The Morgan fingerprint density at radius 3 is 2.45 bits per heavy atom. The molecule has 1 aromatic rings. The summed E-state index contributed by atoms with van der Waals surface area (Å²) >= 11 is 0. The number of methoxy groups -OCH3 is 2. The maximum Gasteiger partial charge on any atom is 0.309 e. The van der Waals surface area contributed by atoms with Crippen LogP contribution in [0.3, 0.4) is 0 Å². The number of esters is 1. The lowest BCUT2D eigenvalue weighted by atomic mass is 9.79. The molecule has 0 aromatic heterocycles. The molecule has 22 heavy (non-hydrogen) atoms. The fourth-order valence-corrected chi connectivity index (χ4v) is 2.98. The molecular weight excluding hydrogens is 282 g/mol. The summed E-state index contributed by atoms with van der Waals surface area (Å²) in [7, 11) is 3.01. The van der Waals surface area contributed by atoms with Gasteiger partial charge in [0, 0.05) is 12.1 Å². The summed E-state index contributed by atoms with van der Waals surface area (Å²) in [5, 5.41) is 2.93. The first-order valence-corrected chi connectivity index (χ1v) is 7.65. The van der Waals surface area contributed by atoms with Gasteiger partial charge in [-0.25, -0.2) is 0 Å². The topological polar surface area (TPSA) is 64.6 Å². The number of hydrogen-bond donors (Lipinski definition) is 1. The Balaban J connectivity index is 1.92. The molecule has 0 heterocycles. The van der Waals surface area contributed by atoms with Crippen molar-refractivity contribution >= 4 is 11.9 Å². The Labute approximate surface area is 131 Å². The van der Waals surface area contributed by atoms with E-state index in [1.54, 1.807) is 31.4 Å². The van der Waals surface area contributed by atoms with Gasteiger partial charge in [-0.1, -0.05) is 12.8 Å². The van der Waals surface area contributed by atoms with E-state index in [-0.39, 0.29) is 23.7 Å². The van der Waals surface area contributed by atoms with Crippen LogP contribution in [0.4, 0.5) is 0 Å². The van der Waals surface area contributed by atoms with E-state index >= 15 is 0 Å². The maximum atomic E-state index is 12.2. The van der Waals surface area contributed by atoms with Crippen molar-refractivity contribution in [1.82, 2.24) is 5.32 Å². The second-order valence-electron chi connectivity index (χ2n) is 5.61. The standard InChI is InChI=1S/C17H23NO4/c1-21-14-9-7-12(8-10-14)16(19)18-11-13-5-3-4-6-15(13)17(20)22-2/h7-10,13,15H,3-6,11H2,1-2H3,(H,18,19). The first-order valence-electron chi connectivity index (χ1n) is 7.65. The monoisotopic (exact) mass is 305 g/mol. The van der Waals surface area contributed by atoms with Gasteiger partial charge in [0.1, 0.15) is 5.75 Å². The zero-order valence-corrected chi connectivity index (χ0v) is 13.1. The summed E-state index contributed by atoms with van der Waals surface area (Å²) in [6.45, 7) is 0.505. The zero-order valence-electron chi connectivity index (χ0n) is 13.1. The third kappa shape index (κ3) is 4.00. The van der Waals surface area contributed by atoms with Gasteiger partial charge in [-0.2, -0.15) is 0 Å². The van der Waals surface area contributed by atoms with Crippen molar-refractivity contribution in [3.63, 3.8) is 0 Å². The Bertz CT molecular complexity index is 512. The number of amides is 1. The molecule has 5 nitrogen and oxygen atoms in total. The lowest BCUT2D eigenvalue weighted by Gasteiger charge is -2.29. The van der Waals surface area contributed by atoms with Crippen molar-refractivity contribution in [2.45, 2.75) is 25.7 Å². The first-order chi connectivity index (χ1) is 10.7. The highest BCUT2D eigenvalue weighted by Gasteiger charge is 2.31. The van der Waals surface area contributed by atoms with Crippen LogP contribution in [0.1, 0.15) is 36.0 Å². The molecule has 2 unspecified atom stereocenters. The fourth-order valence-electron chi connectivity index (χ4n) is 2.98. The second kappa shape index (κ2) is 7.82. The highest BCUT2D eigenvalue weighted by Crippen LogP contribution is 2.30. The van der Waals surface area contributed by atoms with Crippen LogP contribution < -0.4 is 10.1 Å². The molecule has 120 valence electrons. The van der Waals surface area contributed by atoms with Gasteiger partial charge in [0.2, 0.25) is 0 Å². The highest BCUT2D eigenvalue weighted by molar-refractivity contribution is 5.94. The molecule has 0 aliphatic heterocycles. The number of rotatable bonds is 5. The van der Waals surface area contributed by atoms with E-state index in [1.807, 2.05) is 0 Å². The lowest BCUT2D eigenvalue weighted by Crippen LogP contribution is -2.37. The van der Waals surface area contributed by atoms with Crippen molar-refractivity contribution in [2.24, 2.45) is 11.8 Å². The minimum atomic E-state index is -0.164. The van der Waals surface area contributed by atoms with E-state index in [0.29, 0.717) is 12.1 Å². The van der Waals surface area contributed by atoms with Gasteiger partial charge in [-0.3, -0.25) is 9.59 Å². The molecule has 1 aliphatic rings. The van der Waals surface area contributed by atoms with Crippen LogP contribution >= 0.6 is 0 Å². The molecule has 1 aliphatic carbocycles. The molecular formula is C17H23NO4. The van der Waals surface area contributed by atoms with Gasteiger partial charge in [-0.15, -0.1) is 0 Å². The minimum absolute atomic E-state index is 0.102. The van der Waals surface area contributed by atoms with Crippen LogP contribution in [-0.4, -0.2) is 32.6 Å². The molecule has 1 fully saturated rings. The molecule has 0 spiro atoms. The summed E-state index contributed by atoms with van der Waals surface area (Å²) in [5.74, 6) is 0.480. The first kappa shape index (κ1) is 16.3. The molecule has 1 aromatic carbocycles. The number of carbonyl (C=O) groups excluding carboxylic acids is 2. The van der Waals surface area contributed by atoms with Gasteiger partial charge in [0.25, 0.3) is 5.91 Å². The Kier molecular flexibility index (Phi) is 5.81. The summed E-state index contributed by atoms with van der Waals surface area (Å²) in [4.78, 5) is 24.0. The molecule has 5 heteroatoms. The molecule has 1 amide bonds. The van der Waals surface area contributed by atoms with Gasteiger partial charge >= 0.3 is 5.97 Å². The number of benzene rings is 1. The lowest BCUT2D eigenvalue weighted by molar-refractivity contribution is -0.148. The van der Waals surface area contributed by atoms with Crippen molar-refractivity contribution in [1.29, 1.82) is 0 Å². The molecule has 1 N–H and O–H groups in total. The molecule has 2 atom stereocenters. The fraction of sp³-hybridized carbons (Fsp3) is 0.529. The molecule has 0 bridgehead atoms. The quantitative estimate of drug-likeness (QED) is 0.848. The van der Waals surface area contributed by atoms with E-state index in [0.717, 1.165) is 31.4 Å². The number of hydrogen-bond acceptors (Lipinski definition) is 4. The molecule has 0 saturated heterocycles. The van der Waals surface area contributed by atoms with Crippen LogP contribution in [0, 0.1) is 11.8 Å². The van der Waals surface area contributed by atoms with Crippen LogP contribution in [0.2, 0.25) is 0 Å². The van der Waals surface area contributed by atoms with Crippen molar-refractivity contribution in [3.8, 4) is 5.75 Å². The molecule has 1 saturated carbocycles. The van der Waals surface area contributed by atoms with Gasteiger partial charge in [0.15, 0.2) is 0 Å². The Morgan fingerprint density at radius 2 is 1.82 bits per heavy atom. The number of carbonyl (C=O) groups is 2. The molecule has 2 rings (SSSR count). The number of ether oxygens (including phenoxy) is 2. The summed E-state index contributed by atoms with van der Waals surface area (Å²) < 4.78 is 9.95. The predicted octanol–water partition coefficient (Wildman–Crippen LogP) is 2.40. The van der Waals surface area contributed by atoms with Crippen LogP contribution in [0.5, 0.6) is 5.75 Å². The largest absolute Gasteiger partial charge is 0.497 e. The third-order valence-corrected chi connectivity index (χ3v) is 4.29. The third-order valence-electron chi connectivity index (χ3n) is 4.29. The summed E-state index contributed by atoms with van der Waals surface area (Å²) in [6.07, 6.45) is 3.93. The predicted molar refractivity (Wildman–Crippen MR) is 82.8 cm³/mol.